The molecule has 0 unspecified atom stereocenters. The quantitative estimate of drug-likeness (QED) is 0.267. The van der Waals surface area contributed by atoms with Gasteiger partial charge in [0.05, 0.1) is 6.54 Å². The number of hydrogen-bond acceptors (Lipinski definition) is 4. The van der Waals surface area contributed by atoms with E-state index in [-0.39, 0.29) is 11.4 Å². The SMILES string of the molecule is CCCCc1cn(-c2c(F)cccc2Br)c(=O)n1Cc1ccc(-c2ccccc2-c2nnn[nH]2)cc1. The molecule has 0 spiro atoms. The van der Waals surface area contributed by atoms with Gasteiger partial charge in [0.25, 0.3) is 0 Å². The summed E-state index contributed by atoms with van der Waals surface area (Å²) in [5, 5.41) is 14.2. The van der Waals surface area contributed by atoms with E-state index in [1.165, 1.54) is 10.6 Å². The van der Waals surface area contributed by atoms with Crippen LogP contribution in [0.2, 0.25) is 0 Å². The van der Waals surface area contributed by atoms with E-state index in [0.29, 0.717) is 16.8 Å². The summed E-state index contributed by atoms with van der Waals surface area (Å²) in [5.41, 5.74) is 4.73. The normalized spacial score (nSPS) is 11.2. The molecule has 182 valence electrons. The van der Waals surface area contributed by atoms with Crippen molar-refractivity contribution in [1.82, 2.24) is 29.8 Å². The Morgan fingerprint density at radius 3 is 2.47 bits per heavy atom. The zero-order valence-electron chi connectivity index (χ0n) is 19.7. The average molecular weight is 547 g/mol. The topological polar surface area (TPSA) is 81.4 Å². The minimum absolute atomic E-state index is 0.229. The number of unbranched alkanes of at least 4 members (excludes halogenated alkanes) is 1. The first kappa shape index (κ1) is 23.9. The number of aryl methyl sites for hydroxylation is 1. The van der Waals surface area contributed by atoms with E-state index >= 15 is 0 Å². The molecule has 2 aromatic heterocycles. The first-order chi connectivity index (χ1) is 17.6. The molecular formula is C27H24BrFN6O. The zero-order valence-corrected chi connectivity index (χ0v) is 21.2. The maximum atomic E-state index is 14.7. The van der Waals surface area contributed by atoms with Gasteiger partial charge in [0, 0.05) is 21.9 Å². The average Bonchev–Trinajstić information content (AvgIpc) is 3.53. The predicted octanol–water partition coefficient (Wildman–Crippen LogP) is 5.78. The van der Waals surface area contributed by atoms with Crippen molar-refractivity contribution >= 4 is 15.9 Å². The number of aromatic nitrogens is 6. The molecule has 0 bridgehead atoms. The molecule has 0 atom stereocenters. The lowest BCUT2D eigenvalue weighted by atomic mass is 9.98. The lowest BCUT2D eigenvalue weighted by Gasteiger charge is -2.10. The summed E-state index contributed by atoms with van der Waals surface area (Å²) in [6, 6.07) is 20.7. The van der Waals surface area contributed by atoms with Crippen LogP contribution in [-0.2, 0) is 13.0 Å². The standard InChI is InChI=1S/C27H24BrFN6O/c1-2-3-7-20-17-35(25-23(28)10-6-11-24(25)29)27(36)34(20)16-18-12-14-19(15-13-18)21-8-4-5-9-22(21)26-30-32-33-31-26/h4-6,8-15,17H,2-3,7,16H2,1H3,(H,30,31,32,33). The number of para-hydroxylation sites is 1. The van der Waals surface area contributed by atoms with Crippen LogP contribution in [-0.4, -0.2) is 29.8 Å². The van der Waals surface area contributed by atoms with Crippen molar-refractivity contribution in [1.29, 1.82) is 0 Å². The second kappa shape index (κ2) is 10.4. The molecule has 0 radical (unpaired) electrons. The number of nitrogens with one attached hydrogen (secondary N) is 1. The third kappa shape index (κ3) is 4.66. The summed E-state index contributed by atoms with van der Waals surface area (Å²) in [5.74, 6) is 0.151. The van der Waals surface area contributed by atoms with Crippen molar-refractivity contribution in [2.45, 2.75) is 32.7 Å². The molecular weight excluding hydrogens is 523 g/mol. The number of rotatable bonds is 8. The second-order valence-electron chi connectivity index (χ2n) is 8.53. The molecule has 0 amide bonds. The molecule has 1 N–H and O–H groups in total. The van der Waals surface area contributed by atoms with Gasteiger partial charge < -0.3 is 0 Å². The smallest absolute Gasteiger partial charge is 0.292 e. The van der Waals surface area contributed by atoms with Gasteiger partial charge in [0.1, 0.15) is 11.5 Å². The molecule has 0 saturated heterocycles. The Kier molecular flexibility index (Phi) is 6.90. The molecule has 2 heterocycles. The number of tetrazole rings is 1. The van der Waals surface area contributed by atoms with Gasteiger partial charge in [-0.1, -0.05) is 67.9 Å². The highest BCUT2D eigenvalue weighted by Gasteiger charge is 2.18. The number of imidazole rings is 1. The summed E-state index contributed by atoms with van der Waals surface area (Å²) in [6.07, 6.45) is 4.43. The van der Waals surface area contributed by atoms with Gasteiger partial charge in [0.15, 0.2) is 5.82 Å². The van der Waals surface area contributed by atoms with E-state index in [1.807, 2.05) is 48.5 Å². The van der Waals surface area contributed by atoms with Crippen molar-refractivity contribution in [2.24, 2.45) is 0 Å². The lowest BCUT2D eigenvalue weighted by Crippen LogP contribution is -2.25. The summed E-state index contributed by atoms with van der Waals surface area (Å²) in [6.45, 7) is 2.50. The third-order valence-corrected chi connectivity index (χ3v) is 6.80. The van der Waals surface area contributed by atoms with Crippen LogP contribution in [0.3, 0.4) is 0 Å². The number of halogens is 2. The van der Waals surface area contributed by atoms with E-state index in [2.05, 4.69) is 43.5 Å². The highest BCUT2D eigenvalue weighted by atomic mass is 79.9. The number of nitrogens with zero attached hydrogens (tertiary/aromatic N) is 5. The van der Waals surface area contributed by atoms with E-state index in [4.69, 9.17) is 0 Å². The van der Waals surface area contributed by atoms with E-state index in [1.54, 1.807) is 22.9 Å². The summed E-state index contributed by atoms with van der Waals surface area (Å²) in [4.78, 5) is 13.4. The fraction of sp³-hybridized carbons (Fsp3) is 0.185. The minimum atomic E-state index is -0.448. The Bertz CT molecular complexity index is 1520. The fourth-order valence-corrected chi connectivity index (χ4v) is 4.85. The maximum Gasteiger partial charge on any atom is 0.333 e. The Labute approximate surface area is 215 Å². The van der Waals surface area contributed by atoms with E-state index in [9.17, 15) is 9.18 Å². The van der Waals surface area contributed by atoms with Gasteiger partial charge in [0.2, 0.25) is 0 Å². The van der Waals surface area contributed by atoms with Crippen LogP contribution in [0.25, 0.3) is 28.2 Å². The van der Waals surface area contributed by atoms with Crippen LogP contribution in [0.15, 0.2) is 82.2 Å². The lowest BCUT2D eigenvalue weighted by molar-refractivity contribution is 0.611. The van der Waals surface area contributed by atoms with Crippen molar-refractivity contribution in [2.75, 3.05) is 0 Å². The third-order valence-electron chi connectivity index (χ3n) is 6.16. The van der Waals surface area contributed by atoms with Crippen LogP contribution >= 0.6 is 15.9 Å². The van der Waals surface area contributed by atoms with Crippen molar-refractivity contribution in [3.8, 4) is 28.2 Å². The molecule has 0 aliphatic heterocycles. The van der Waals surface area contributed by atoms with Crippen LogP contribution in [0.4, 0.5) is 4.39 Å². The van der Waals surface area contributed by atoms with E-state index in [0.717, 1.165) is 47.2 Å². The number of H-pyrrole nitrogens is 1. The van der Waals surface area contributed by atoms with Gasteiger partial charge in [-0.25, -0.2) is 14.3 Å². The number of hydrogen-bond donors (Lipinski definition) is 1. The summed E-state index contributed by atoms with van der Waals surface area (Å²) < 4.78 is 18.3. The minimum Gasteiger partial charge on any atom is -0.292 e. The number of aromatic amines is 1. The van der Waals surface area contributed by atoms with Crippen molar-refractivity contribution in [3.05, 3.63) is 105 Å². The van der Waals surface area contributed by atoms with Crippen LogP contribution in [0.1, 0.15) is 31.0 Å². The van der Waals surface area contributed by atoms with Crippen molar-refractivity contribution < 1.29 is 4.39 Å². The molecule has 0 saturated carbocycles. The maximum absolute atomic E-state index is 14.7. The van der Waals surface area contributed by atoms with Gasteiger partial charge in [-0.3, -0.25) is 9.13 Å². The van der Waals surface area contributed by atoms with Crippen molar-refractivity contribution in [3.63, 3.8) is 0 Å². The summed E-state index contributed by atoms with van der Waals surface area (Å²) in [7, 11) is 0. The molecule has 9 heteroatoms. The Hall–Kier alpha value is -3.85. The highest BCUT2D eigenvalue weighted by molar-refractivity contribution is 9.10. The largest absolute Gasteiger partial charge is 0.333 e. The Balaban J connectivity index is 1.49. The summed E-state index contributed by atoms with van der Waals surface area (Å²) >= 11 is 3.40. The predicted molar refractivity (Wildman–Crippen MR) is 140 cm³/mol. The highest BCUT2D eigenvalue weighted by Crippen LogP contribution is 2.30. The molecule has 0 aliphatic carbocycles. The molecule has 5 rings (SSSR count). The van der Waals surface area contributed by atoms with Gasteiger partial charge in [-0.2, -0.15) is 0 Å². The fourth-order valence-electron chi connectivity index (χ4n) is 4.32. The van der Waals surface area contributed by atoms with Gasteiger partial charge >= 0.3 is 5.69 Å². The van der Waals surface area contributed by atoms with Crippen LogP contribution < -0.4 is 5.69 Å². The molecule has 5 aromatic rings. The molecule has 36 heavy (non-hydrogen) atoms. The molecule has 3 aromatic carbocycles. The number of benzene rings is 3. The van der Waals surface area contributed by atoms with E-state index < -0.39 is 5.82 Å². The second-order valence-corrected chi connectivity index (χ2v) is 9.38. The molecule has 0 aliphatic rings. The first-order valence-electron chi connectivity index (χ1n) is 11.7. The monoisotopic (exact) mass is 546 g/mol. The van der Waals surface area contributed by atoms with Crippen LogP contribution in [0, 0.1) is 5.82 Å². The Morgan fingerprint density at radius 2 is 1.78 bits per heavy atom. The molecule has 0 fully saturated rings. The molecule has 7 nitrogen and oxygen atoms in total. The van der Waals surface area contributed by atoms with Gasteiger partial charge in [-0.05, 0) is 68.0 Å². The van der Waals surface area contributed by atoms with Gasteiger partial charge in [-0.15, -0.1) is 5.10 Å². The zero-order chi connectivity index (χ0) is 25.1. The van der Waals surface area contributed by atoms with Crippen LogP contribution in [0.5, 0.6) is 0 Å². The first-order valence-corrected chi connectivity index (χ1v) is 12.5. The Morgan fingerprint density at radius 1 is 1.00 bits per heavy atom.